The first kappa shape index (κ1) is 7.99. The van der Waals surface area contributed by atoms with Crippen molar-refractivity contribution in [1.29, 1.82) is 0 Å². The summed E-state index contributed by atoms with van der Waals surface area (Å²) < 4.78 is 0. The smallest absolute Gasteiger partial charge is 0.160 e. The van der Waals surface area contributed by atoms with Crippen LogP contribution in [0.1, 0.15) is 12.0 Å². The Labute approximate surface area is 77.4 Å². The van der Waals surface area contributed by atoms with Crippen LogP contribution in [0, 0.1) is 0 Å². The molecule has 64 valence electrons. The SMILES string of the molecule is O=C1C=CC(=Cc2ccccc2)C1. The third kappa shape index (κ3) is 1.94. The maximum Gasteiger partial charge on any atom is 0.160 e. The normalized spacial score (nSPS) is 18.5. The van der Waals surface area contributed by atoms with E-state index >= 15 is 0 Å². The van der Waals surface area contributed by atoms with Crippen LogP contribution >= 0.6 is 0 Å². The maximum atomic E-state index is 10.9. The van der Waals surface area contributed by atoms with Gasteiger partial charge in [0.25, 0.3) is 0 Å². The summed E-state index contributed by atoms with van der Waals surface area (Å²) in [5.74, 6) is 0.196. The van der Waals surface area contributed by atoms with Crippen LogP contribution in [0.2, 0.25) is 0 Å². The average molecular weight is 170 g/mol. The van der Waals surface area contributed by atoms with Gasteiger partial charge in [-0.15, -0.1) is 0 Å². The highest BCUT2D eigenvalue weighted by atomic mass is 16.1. The lowest BCUT2D eigenvalue weighted by Crippen LogP contribution is -1.84. The molecule has 0 aliphatic heterocycles. The number of benzene rings is 1. The minimum atomic E-state index is 0.196. The molecule has 0 N–H and O–H groups in total. The summed E-state index contributed by atoms with van der Waals surface area (Å²) in [6.07, 6.45) is 6.11. The first-order valence-electron chi connectivity index (χ1n) is 4.31. The molecule has 0 unspecified atom stereocenters. The zero-order valence-corrected chi connectivity index (χ0v) is 7.23. The second-order valence-electron chi connectivity index (χ2n) is 3.11. The summed E-state index contributed by atoms with van der Waals surface area (Å²) >= 11 is 0. The largest absolute Gasteiger partial charge is 0.294 e. The van der Waals surface area contributed by atoms with Crippen LogP contribution in [0.25, 0.3) is 6.08 Å². The summed E-state index contributed by atoms with van der Waals surface area (Å²) in [7, 11) is 0. The van der Waals surface area contributed by atoms with Crippen molar-refractivity contribution >= 4 is 11.9 Å². The maximum absolute atomic E-state index is 10.9. The number of hydrogen-bond donors (Lipinski definition) is 0. The second kappa shape index (κ2) is 3.40. The van der Waals surface area contributed by atoms with Crippen molar-refractivity contribution < 1.29 is 4.79 Å². The van der Waals surface area contributed by atoms with Crippen LogP contribution in [0.15, 0.2) is 48.1 Å². The lowest BCUT2D eigenvalue weighted by Gasteiger charge is -1.93. The van der Waals surface area contributed by atoms with Crippen molar-refractivity contribution in [2.24, 2.45) is 0 Å². The van der Waals surface area contributed by atoms with Gasteiger partial charge in [0.05, 0.1) is 0 Å². The molecule has 1 aliphatic carbocycles. The Morgan fingerprint density at radius 3 is 2.46 bits per heavy atom. The number of ketones is 1. The van der Waals surface area contributed by atoms with Crippen LogP contribution in [0.3, 0.4) is 0 Å². The van der Waals surface area contributed by atoms with E-state index in [0.717, 1.165) is 11.1 Å². The molecule has 13 heavy (non-hydrogen) atoms. The van der Waals surface area contributed by atoms with Crippen molar-refractivity contribution in [1.82, 2.24) is 0 Å². The Kier molecular flexibility index (Phi) is 2.09. The molecule has 1 aromatic rings. The van der Waals surface area contributed by atoms with E-state index in [-0.39, 0.29) is 5.78 Å². The first-order chi connectivity index (χ1) is 6.34. The van der Waals surface area contributed by atoms with E-state index in [1.54, 1.807) is 6.08 Å². The highest BCUT2D eigenvalue weighted by molar-refractivity contribution is 5.97. The standard InChI is InChI=1S/C12H10O/c13-12-7-6-11(9-12)8-10-4-2-1-3-5-10/h1-8H,9H2. The third-order valence-electron chi connectivity index (χ3n) is 2.01. The van der Waals surface area contributed by atoms with Gasteiger partial charge >= 0.3 is 0 Å². The fraction of sp³-hybridized carbons (Fsp3) is 0.0833. The van der Waals surface area contributed by atoms with Gasteiger partial charge in [-0.3, -0.25) is 4.79 Å². The van der Waals surface area contributed by atoms with Gasteiger partial charge in [0, 0.05) is 6.42 Å². The van der Waals surface area contributed by atoms with Gasteiger partial charge in [-0.1, -0.05) is 42.5 Å². The van der Waals surface area contributed by atoms with Crippen LogP contribution in [0.4, 0.5) is 0 Å². The van der Waals surface area contributed by atoms with E-state index in [4.69, 9.17) is 0 Å². The van der Waals surface area contributed by atoms with Crippen molar-refractivity contribution in [3.63, 3.8) is 0 Å². The van der Waals surface area contributed by atoms with Gasteiger partial charge < -0.3 is 0 Å². The van der Waals surface area contributed by atoms with Crippen molar-refractivity contribution in [3.8, 4) is 0 Å². The van der Waals surface area contributed by atoms with Crippen molar-refractivity contribution in [2.45, 2.75) is 6.42 Å². The minimum absolute atomic E-state index is 0.196. The Morgan fingerprint density at radius 2 is 1.85 bits per heavy atom. The van der Waals surface area contributed by atoms with Crippen molar-refractivity contribution in [3.05, 3.63) is 53.6 Å². The average Bonchev–Trinajstić information content (AvgIpc) is 2.53. The number of allylic oxidation sites excluding steroid dienone is 3. The molecule has 1 heteroatoms. The highest BCUT2D eigenvalue weighted by Gasteiger charge is 2.07. The molecule has 0 atom stereocenters. The fourth-order valence-electron chi connectivity index (χ4n) is 1.38. The zero-order valence-electron chi connectivity index (χ0n) is 7.23. The van der Waals surface area contributed by atoms with Gasteiger partial charge in [0.15, 0.2) is 5.78 Å². The van der Waals surface area contributed by atoms with E-state index < -0.39 is 0 Å². The van der Waals surface area contributed by atoms with E-state index in [2.05, 4.69) is 0 Å². The van der Waals surface area contributed by atoms with Crippen LogP contribution in [0.5, 0.6) is 0 Å². The minimum Gasteiger partial charge on any atom is -0.294 e. The summed E-state index contributed by atoms with van der Waals surface area (Å²) in [5.41, 5.74) is 2.24. The predicted octanol–water partition coefficient (Wildman–Crippen LogP) is 2.60. The molecular weight excluding hydrogens is 160 g/mol. The Bertz CT molecular complexity index is 371. The quantitative estimate of drug-likeness (QED) is 0.633. The summed E-state index contributed by atoms with van der Waals surface area (Å²) in [6, 6.07) is 10.0. The van der Waals surface area contributed by atoms with Gasteiger partial charge in [0.2, 0.25) is 0 Å². The first-order valence-corrected chi connectivity index (χ1v) is 4.31. The molecule has 0 spiro atoms. The van der Waals surface area contributed by atoms with E-state index in [9.17, 15) is 4.79 Å². The molecule has 0 amide bonds. The summed E-state index contributed by atoms with van der Waals surface area (Å²) in [5, 5.41) is 0. The Hall–Kier alpha value is -1.63. The van der Waals surface area contributed by atoms with Crippen LogP contribution in [-0.2, 0) is 4.79 Å². The lowest BCUT2D eigenvalue weighted by atomic mass is 10.1. The molecule has 0 heterocycles. The predicted molar refractivity (Wildman–Crippen MR) is 53.2 cm³/mol. The van der Waals surface area contributed by atoms with Crippen molar-refractivity contribution in [2.75, 3.05) is 0 Å². The second-order valence-corrected chi connectivity index (χ2v) is 3.11. The molecule has 1 aromatic carbocycles. The monoisotopic (exact) mass is 170 g/mol. The summed E-state index contributed by atoms with van der Waals surface area (Å²) in [4.78, 5) is 10.9. The van der Waals surface area contributed by atoms with Gasteiger partial charge in [-0.2, -0.15) is 0 Å². The molecule has 2 rings (SSSR count). The van der Waals surface area contributed by atoms with Gasteiger partial charge in [-0.25, -0.2) is 0 Å². The molecule has 0 aromatic heterocycles. The third-order valence-corrected chi connectivity index (χ3v) is 2.01. The van der Waals surface area contributed by atoms with Crippen LogP contribution < -0.4 is 0 Å². The molecule has 0 fully saturated rings. The molecule has 0 bridgehead atoms. The van der Waals surface area contributed by atoms with E-state index in [0.29, 0.717) is 6.42 Å². The molecule has 1 aliphatic rings. The van der Waals surface area contributed by atoms with Gasteiger partial charge in [0.1, 0.15) is 0 Å². The zero-order chi connectivity index (χ0) is 9.10. The number of carbonyl (C=O) groups excluding carboxylic acids is 1. The van der Waals surface area contributed by atoms with E-state index in [1.165, 1.54) is 0 Å². The fourth-order valence-corrected chi connectivity index (χ4v) is 1.38. The van der Waals surface area contributed by atoms with Crippen LogP contribution in [-0.4, -0.2) is 5.78 Å². The Morgan fingerprint density at radius 1 is 1.08 bits per heavy atom. The molecule has 1 nitrogen and oxygen atoms in total. The Balaban J connectivity index is 2.23. The summed E-state index contributed by atoms with van der Waals surface area (Å²) in [6.45, 7) is 0. The topological polar surface area (TPSA) is 17.1 Å². The number of hydrogen-bond acceptors (Lipinski definition) is 1. The molecule has 0 radical (unpaired) electrons. The number of rotatable bonds is 1. The highest BCUT2D eigenvalue weighted by Crippen LogP contribution is 2.16. The number of carbonyl (C=O) groups is 1. The molecular formula is C12H10O. The molecule has 0 saturated carbocycles. The van der Waals surface area contributed by atoms with Gasteiger partial charge in [-0.05, 0) is 17.2 Å². The lowest BCUT2D eigenvalue weighted by molar-refractivity contribution is -0.113. The van der Waals surface area contributed by atoms with E-state index in [1.807, 2.05) is 42.5 Å². The molecule has 0 saturated heterocycles.